The summed E-state index contributed by atoms with van der Waals surface area (Å²) >= 11 is 0. The Bertz CT molecular complexity index is 685. The minimum absolute atomic E-state index is 0.0504. The number of aromatic amines is 1. The van der Waals surface area contributed by atoms with Gasteiger partial charge in [0.1, 0.15) is 0 Å². The number of aromatic nitrogens is 2. The molecule has 3 fully saturated rings. The van der Waals surface area contributed by atoms with Crippen LogP contribution < -0.4 is 5.32 Å². The molecule has 0 spiro atoms. The van der Waals surface area contributed by atoms with Crippen molar-refractivity contribution in [1.82, 2.24) is 20.4 Å². The topological polar surface area (TPSA) is 61.0 Å². The largest absolute Gasteiger partial charge is 0.346 e. The Balaban J connectivity index is 1.57. The van der Waals surface area contributed by atoms with Crippen molar-refractivity contribution in [2.75, 3.05) is 19.6 Å². The van der Waals surface area contributed by atoms with Crippen LogP contribution in [0.1, 0.15) is 28.9 Å². The van der Waals surface area contributed by atoms with Gasteiger partial charge in [-0.3, -0.25) is 9.89 Å². The fourth-order valence-electron chi connectivity index (χ4n) is 3.67. The van der Waals surface area contributed by atoms with Crippen LogP contribution in [0.15, 0.2) is 18.2 Å². The first-order valence-corrected chi connectivity index (χ1v) is 7.68. The van der Waals surface area contributed by atoms with E-state index in [2.05, 4.69) is 20.4 Å². The molecule has 110 valence electrons. The first-order chi connectivity index (χ1) is 10.2. The molecule has 1 aromatic heterocycles. The molecule has 4 heterocycles. The van der Waals surface area contributed by atoms with Gasteiger partial charge in [-0.1, -0.05) is 11.6 Å². The second-order valence-electron chi connectivity index (χ2n) is 6.34. The molecule has 2 aromatic rings. The zero-order chi connectivity index (χ0) is 14.4. The van der Waals surface area contributed by atoms with E-state index in [0.29, 0.717) is 11.6 Å². The smallest absolute Gasteiger partial charge is 0.272 e. The highest BCUT2D eigenvalue weighted by Crippen LogP contribution is 2.28. The molecule has 1 aromatic carbocycles. The van der Waals surface area contributed by atoms with Crippen LogP contribution in [0.3, 0.4) is 0 Å². The average molecular weight is 284 g/mol. The van der Waals surface area contributed by atoms with Crippen LogP contribution in [0, 0.1) is 12.8 Å². The number of nitrogens with zero attached hydrogens (tertiary/aromatic N) is 2. The van der Waals surface area contributed by atoms with Crippen LogP contribution in [0.4, 0.5) is 0 Å². The molecule has 3 aliphatic rings. The van der Waals surface area contributed by atoms with Gasteiger partial charge in [0.05, 0.1) is 5.52 Å². The molecule has 5 nitrogen and oxygen atoms in total. The first kappa shape index (κ1) is 12.8. The Hall–Kier alpha value is -1.88. The van der Waals surface area contributed by atoms with Crippen molar-refractivity contribution in [3.8, 4) is 0 Å². The summed E-state index contributed by atoms with van der Waals surface area (Å²) < 4.78 is 0. The minimum Gasteiger partial charge on any atom is -0.346 e. The van der Waals surface area contributed by atoms with Crippen LogP contribution >= 0.6 is 0 Å². The molecule has 2 N–H and O–H groups in total. The van der Waals surface area contributed by atoms with Crippen LogP contribution in [-0.2, 0) is 0 Å². The van der Waals surface area contributed by atoms with Gasteiger partial charge in [-0.2, -0.15) is 5.10 Å². The first-order valence-electron chi connectivity index (χ1n) is 7.68. The summed E-state index contributed by atoms with van der Waals surface area (Å²) in [6.45, 7) is 5.38. The van der Waals surface area contributed by atoms with E-state index < -0.39 is 0 Å². The molecule has 1 amide bonds. The van der Waals surface area contributed by atoms with Crippen LogP contribution in [0.25, 0.3) is 10.9 Å². The Kier molecular flexibility index (Phi) is 2.96. The fourth-order valence-corrected chi connectivity index (χ4v) is 3.67. The third-order valence-electron chi connectivity index (χ3n) is 4.91. The number of hydrogen-bond acceptors (Lipinski definition) is 3. The van der Waals surface area contributed by atoms with Gasteiger partial charge in [0, 0.05) is 18.0 Å². The lowest BCUT2D eigenvalue weighted by Crippen LogP contribution is -2.57. The molecule has 3 aliphatic heterocycles. The zero-order valence-electron chi connectivity index (χ0n) is 12.2. The standard InChI is InChI=1S/C16H20N4O/c1-10-2-3-13-12(8-10)15(19-18-13)16(21)17-14-9-20-6-4-11(14)5-7-20/h2-3,8,11,14H,4-7,9H2,1H3,(H,17,21)(H,18,19)/t14-/m0/s1. The maximum absolute atomic E-state index is 12.6. The van der Waals surface area contributed by atoms with E-state index in [-0.39, 0.29) is 11.9 Å². The normalized spacial score (nSPS) is 28.0. The number of amides is 1. The number of piperidine rings is 3. The van der Waals surface area contributed by atoms with Crippen molar-refractivity contribution in [3.05, 3.63) is 29.5 Å². The molecular weight excluding hydrogens is 264 g/mol. The molecule has 1 atom stereocenters. The van der Waals surface area contributed by atoms with Crippen LogP contribution in [-0.4, -0.2) is 46.7 Å². The fraction of sp³-hybridized carbons (Fsp3) is 0.500. The molecule has 0 radical (unpaired) electrons. The SMILES string of the molecule is Cc1ccc2[nH]nc(C(=O)N[C@H]3CN4CCC3CC4)c2c1. The molecule has 5 rings (SSSR count). The molecule has 0 saturated carbocycles. The van der Waals surface area contributed by atoms with E-state index in [1.807, 2.05) is 25.1 Å². The average Bonchev–Trinajstić information content (AvgIpc) is 2.91. The quantitative estimate of drug-likeness (QED) is 0.882. The van der Waals surface area contributed by atoms with Crippen molar-refractivity contribution in [2.24, 2.45) is 5.92 Å². The Labute approximate surface area is 123 Å². The summed E-state index contributed by atoms with van der Waals surface area (Å²) in [7, 11) is 0. The summed E-state index contributed by atoms with van der Waals surface area (Å²) in [6.07, 6.45) is 2.40. The van der Waals surface area contributed by atoms with E-state index in [4.69, 9.17) is 0 Å². The number of benzene rings is 1. The second-order valence-corrected chi connectivity index (χ2v) is 6.34. The van der Waals surface area contributed by atoms with E-state index >= 15 is 0 Å². The predicted molar refractivity (Wildman–Crippen MR) is 81.2 cm³/mol. The number of aryl methyl sites for hydroxylation is 1. The number of rotatable bonds is 2. The number of fused-ring (bicyclic) bond motifs is 4. The summed E-state index contributed by atoms with van der Waals surface area (Å²) in [5.74, 6) is 0.580. The lowest BCUT2D eigenvalue weighted by molar-refractivity contribution is 0.0618. The van der Waals surface area contributed by atoms with Crippen molar-refractivity contribution >= 4 is 16.8 Å². The Morgan fingerprint density at radius 1 is 1.38 bits per heavy atom. The van der Waals surface area contributed by atoms with Crippen LogP contribution in [0.5, 0.6) is 0 Å². The molecule has 2 bridgehead atoms. The van der Waals surface area contributed by atoms with Crippen LogP contribution in [0.2, 0.25) is 0 Å². The number of H-pyrrole nitrogens is 1. The van der Waals surface area contributed by atoms with E-state index in [1.165, 1.54) is 25.9 Å². The highest BCUT2D eigenvalue weighted by atomic mass is 16.2. The molecular formula is C16H20N4O. The summed E-state index contributed by atoms with van der Waals surface area (Å²) in [4.78, 5) is 15.0. The Morgan fingerprint density at radius 3 is 2.90 bits per heavy atom. The molecule has 21 heavy (non-hydrogen) atoms. The third-order valence-corrected chi connectivity index (χ3v) is 4.91. The van der Waals surface area contributed by atoms with E-state index in [9.17, 15) is 4.79 Å². The number of nitrogens with one attached hydrogen (secondary N) is 2. The van der Waals surface area contributed by atoms with Crippen molar-refractivity contribution in [1.29, 1.82) is 0 Å². The van der Waals surface area contributed by atoms with Gasteiger partial charge in [-0.05, 0) is 50.9 Å². The lowest BCUT2D eigenvalue weighted by Gasteiger charge is -2.44. The summed E-state index contributed by atoms with van der Waals surface area (Å²) in [6, 6.07) is 6.29. The third kappa shape index (κ3) is 2.21. The molecule has 0 aliphatic carbocycles. The van der Waals surface area contributed by atoms with Gasteiger partial charge in [-0.25, -0.2) is 0 Å². The van der Waals surface area contributed by atoms with Gasteiger partial charge in [0.2, 0.25) is 0 Å². The number of hydrogen-bond donors (Lipinski definition) is 2. The summed E-state index contributed by atoms with van der Waals surface area (Å²) in [5, 5.41) is 11.3. The number of carbonyl (C=O) groups excluding carboxylic acids is 1. The van der Waals surface area contributed by atoms with Crippen molar-refractivity contribution in [2.45, 2.75) is 25.8 Å². The maximum atomic E-state index is 12.6. The van der Waals surface area contributed by atoms with Gasteiger partial charge in [0.15, 0.2) is 5.69 Å². The van der Waals surface area contributed by atoms with E-state index in [1.54, 1.807) is 0 Å². The van der Waals surface area contributed by atoms with Crippen molar-refractivity contribution in [3.63, 3.8) is 0 Å². The zero-order valence-corrected chi connectivity index (χ0v) is 12.2. The highest BCUT2D eigenvalue weighted by Gasteiger charge is 2.35. The van der Waals surface area contributed by atoms with E-state index in [0.717, 1.165) is 23.0 Å². The monoisotopic (exact) mass is 284 g/mol. The summed E-state index contributed by atoms with van der Waals surface area (Å²) in [5.41, 5.74) is 2.57. The highest BCUT2D eigenvalue weighted by molar-refractivity contribution is 6.04. The molecule has 5 heteroatoms. The maximum Gasteiger partial charge on any atom is 0.272 e. The van der Waals surface area contributed by atoms with Gasteiger partial charge >= 0.3 is 0 Å². The molecule has 0 unspecified atom stereocenters. The minimum atomic E-state index is -0.0504. The number of carbonyl (C=O) groups is 1. The Morgan fingerprint density at radius 2 is 2.19 bits per heavy atom. The second kappa shape index (κ2) is 4.84. The van der Waals surface area contributed by atoms with Gasteiger partial charge < -0.3 is 10.2 Å². The lowest BCUT2D eigenvalue weighted by atomic mass is 9.84. The van der Waals surface area contributed by atoms with Crippen molar-refractivity contribution < 1.29 is 4.79 Å². The van der Waals surface area contributed by atoms with Gasteiger partial charge in [-0.15, -0.1) is 0 Å². The molecule has 3 saturated heterocycles. The van der Waals surface area contributed by atoms with Gasteiger partial charge in [0.25, 0.3) is 5.91 Å². The predicted octanol–water partition coefficient (Wildman–Crippen LogP) is 1.70.